The lowest BCUT2D eigenvalue weighted by atomic mass is 10.0. The first kappa shape index (κ1) is 15.9. The topological polar surface area (TPSA) is 88.2 Å². The van der Waals surface area contributed by atoms with Crippen molar-refractivity contribution in [2.24, 2.45) is 5.73 Å². The standard InChI is InChI=1S/C16H16ClN3O2/c1-2-19-15(13(18)16(21)22)12-4-3-9-20-14(12)10-5-7-11(17)8-6-10/h3-9,19H,2,18H2,1H3,(H,21,22)/b15-13+. The van der Waals surface area contributed by atoms with Crippen LogP contribution in [0, 0.1) is 0 Å². The summed E-state index contributed by atoms with van der Waals surface area (Å²) in [6.45, 7) is 2.41. The van der Waals surface area contributed by atoms with E-state index in [0.717, 1.165) is 5.56 Å². The van der Waals surface area contributed by atoms with Crippen LogP contribution >= 0.6 is 11.6 Å². The van der Waals surface area contributed by atoms with Gasteiger partial charge in [-0.2, -0.15) is 0 Å². The first-order chi connectivity index (χ1) is 10.5. The smallest absolute Gasteiger partial charge is 0.353 e. The third-order valence-corrected chi connectivity index (χ3v) is 3.30. The molecule has 0 bridgehead atoms. The lowest BCUT2D eigenvalue weighted by Crippen LogP contribution is -2.22. The van der Waals surface area contributed by atoms with Crippen LogP contribution in [-0.4, -0.2) is 22.6 Å². The molecule has 0 aliphatic carbocycles. The Labute approximate surface area is 133 Å². The Bertz CT molecular complexity index is 712. The molecule has 1 heterocycles. The lowest BCUT2D eigenvalue weighted by Gasteiger charge is -2.15. The first-order valence-corrected chi connectivity index (χ1v) is 7.10. The van der Waals surface area contributed by atoms with Crippen LogP contribution in [0.1, 0.15) is 12.5 Å². The van der Waals surface area contributed by atoms with Crippen LogP contribution in [0.4, 0.5) is 0 Å². The number of nitrogens with two attached hydrogens (primary N) is 1. The molecule has 114 valence electrons. The number of aromatic nitrogens is 1. The summed E-state index contributed by atoms with van der Waals surface area (Å²) in [4.78, 5) is 15.6. The van der Waals surface area contributed by atoms with E-state index in [9.17, 15) is 9.90 Å². The Morgan fingerprint density at radius 2 is 2.00 bits per heavy atom. The summed E-state index contributed by atoms with van der Waals surface area (Å²) in [5, 5.41) is 12.8. The minimum Gasteiger partial charge on any atom is -0.477 e. The SMILES string of the molecule is CCN/C(=C(/N)C(=O)O)c1cccnc1-c1ccc(Cl)cc1. The minimum absolute atomic E-state index is 0.245. The molecule has 1 aromatic carbocycles. The number of rotatable bonds is 5. The van der Waals surface area contributed by atoms with Gasteiger partial charge in [0, 0.05) is 28.9 Å². The molecule has 22 heavy (non-hydrogen) atoms. The van der Waals surface area contributed by atoms with Gasteiger partial charge < -0.3 is 16.2 Å². The summed E-state index contributed by atoms with van der Waals surface area (Å²) in [5.74, 6) is -1.18. The maximum Gasteiger partial charge on any atom is 0.353 e. The van der Waals surface area contributed by atoms with E-state index >= 15 is 0 Å². The molecule has 2 rings (SSSR count). The molecule has 0 fully saturated rings. The van der Waals surface area contributed by atoms with E-state index in [-0.39, 0.29) is 5.70 Å². The highest BCUT2D eigenvalue weighted by Crippen LogP contribution is 2.27. The van der Waals surface area contributed by atoms with Gasteiger partial charge in [0.1, 0.15) is 5.70 Å². The highest BCUT2D eigenvalue weighted by atomic mass is 35.5. The van der Waals surface area contributed by atoms with E-state index in [1.165, 1.54) is 0 Å². The Morgan fingerprint density at radius 3 is 2.59 bits per heavy atom. The summed E-state index contributed by atoms with van der Waals surface area (Å²) in [6.07, 6.45) is 1.65. The summed E-state index contributed by atoms with van der Waals surface area (Å²) in [6, 6.07) is 10.7. The van der Waals surface area contributed by atoms with Crippen LogP contribution in [0.2, 0.25) is 5.02 Å². The number of carboxylic acids is 1. The largest absolute Gasteiger partial charge is 0.477 e. The second kappa shape index (κ2) is 6.95. The molecule has 0 saturated carbocycles. The first-order valence-electron chi connectivity index (χ1n) is 6.72. The van der Waals surface area contributed by atoms with Crippen LogP contribution in [0.5, 0.6) is 0 Å². The molecule has 5 nitrogen and oxygen atoms in total. The van der Waals surface area contributed by atoms with Gasteiger partial charge in [0.2, 0.25) is 0 Å². The van der Waals surface area contributed by atoms with Gasteiger partial charge in [0.05, 0.1) is 11.4 Å². The third-order valence-electron chi connectivity index (χ3n) is 3.05. The van der Waals surface area contributed by atoms with Crippen molar-refractivity contribution in [3.05, 3.63) is 58.9 Å². The van der Waals surface area contributed by atoms with Crippen molar-refractivity contribution in [3.63, 3.8) is 0 Å². The van der Waals surface area contributed by atoms with Crippen LogP contribution in [0.25, 0.3) is 17.0 Å². The second-order valence-corrected chi connectivity index (χ2v) is 4.97. The number of nitrogens with zero attached hydrogens (tertiary/aromatic N) is 1. The van der Waals surface area contributed by atoms with Crippen molar-refractivity contribution in [1.82, 2.24) is 10.3 Å². The molecular weight excluding hydrogens is 302 g/mol. The highest BCUT2D eigenvalue weighted by molar-refractivity contribution is 6.30. The number of carboxylic acid groups (broad SMARTS) is 1. The van der Waals surface area contributed by atoms with Gasteiger partial charge in [-0.1, -0.05) is 23.7 Å². The lowest BCUT2D eigenvalue weighted by molar-refractivity contribution is -0.132. The molecule has 4 N–H and O–H groups in total. The quantitative estimate of drug-likeness (QED) is 0.738. The number of nitrogens with one attached hydrogen (secondary N) is 1. The van der Waals surface area contributed by atoms with Crippen molar-refractivity contribution >= 4 is 23.3 Å². The molecule has 0 radical (unpaired) electrons. The minimum atomic E-state index is -1.18. The van der Waals surface area contributed by atoms with E-state index in [1.807, 2.05) is 19.1 Å². The highest BCUT2D eigenvalue weighted by Gasteiger charge is 2.16. The molecule has 2 aromatic rings. The Balaban J connectivity index is 2.62. The zero-order valence-corrected chi connectivity index (χ0v) is 12.8. The molecular formula is C16H16ClN3O2. The summed E-state index contributed by atoms with van der Waals surface area (Å²) >= 11 is 5.90. The predicted octanol–water partition coefficient (Wildman–Crippen LogP) is 2.72. The van der Waals surface area contributed by atoms with Gasteiger partial charge in [-0.3, -0.25) is 4.98 Å². The van der Waals surface area contributed by atoms with E-state index in [4.69, 9.17) is 17.3 Å². The third kappa shape index (κ3) is 3.38. The maximum atomic E-state index is 11.2. The number of pyridine rings is 1. The number of carbonyl (C=O) groups is 1. The van der Waals surface area contributed by atoms with Crippen molar-refractivity contribution < 1.29 is 9.90 Å². The van der Waals surface area contributed by atoms with Gasteiger partial charge in [0.15, 0.2) is 0 Å². The number of hydrogen-bond donors (Lipinski definition) is 3. The average molecular weight is 318 g/mol. The predicted molar refractivity (Wildman–Crippen MR) is 87.1 cm³/mol. The summed E-state index contributed by atoms with van der Waals surface area (Å²) < 4.78 is 0. The number of benzene rings is 1. The molecule has 0 aliphatic heterocycles. The Hall–Kier alpha value is -2.53. The van der Waals surface area contributed by atoms with Gasteiger partial charge in [-0.25, -0.2) is 4.79 Å². The fourth-order valence-electron chi connectivity index (χ4n) is 2.06. The molecule has 0 amide bonds. The van der Waals surface area contributed by atoms with Gasteiger partial charge in [0.25, 0.3) is 0 Å². The second-order valence-electron chi connectivity index (χ2n) is 4.53. The number of hydrogen-bond acceptors (Lipinski definition) is 4. The van der Waals surface area contributed by atoms with E-state index in [2.05, 4.69) is 10.3 Å². The normalized spacial score (nSPS) is 11.7. The zero-order valence-electron chi connectivity index (χ0n) is 12.0. The van der Waals surface area contributed by atoms with Crippen LogP contribution in [0.3, 0.4) is 0 Å². The molecule has 0 atom stereocenters. The van der Waals surface area contributed by atoms with Crippen molar-refractivity contribution in [3.8, 4) is 11.3 Å². The van der Waals surface area contributed by atoms with E-state index in [1.54, 1.807) is 30.5 Å². The van der Waals surface area contributed by atoms with Crippen LogP contribution in [0.15, 0.2) is 48.3 Å². The fraction of sp³-hybridized carbons (Fsp3) is 0.125. The maximum absolute atomic E-state index is 11.2. The van der Waals surface area contributed by atoms with Gasteiger partial charge >= 0.3 is 5.97 Å². The fourth-order valence-corrected chi connectivity index (χ4v) is 2.19. The number of aliphatic carboxylic acids is 1. The monoisotopic (exact) mass is 317 g/mol. The van der Waals surface area contributed by atoms with E-state index in [0.29, 0.717) is 28.5 Å². The molecule has 1 aromatic heterocycles. The summed E-state index contributed by atoms with van der Waals surface area (Å²) in [7, 11) is 0. The zero-order chi connectivity index (χ0) is 16.1. The molecule has 0 unspecified atom stereocenters. The Kier molecular flexibility index (Phi) is 5.01. The molecule has 0 aliphatic rings. The van der Waals surface area contributed by atoms with Gasteiger partial charge in [-0.15, -0.1) is 0 Å². The van der Waals surface area contributed by atoms with Crippen molar-refractivity contribution in [2.75, 3.05) is 6.54 Å². The van der Waals surface area contributed by atoms with Crippen molar-refractivity contribution in [2.45, 2.75) is 6.92 Å². The Morgan fingerprint density at radius 1 is 1.32 bits per heavy atom. The number of halogens is 1. The van der Waals surface area contributed by atoms with E-state index < -0.39 is 5.97 Å². The molecule has 0 spiro atoms. The average Bonchev–Trinajstić information content (AvgIpc) is 2.53. The molecule has 6 heteroatoms. The van der Waals surface area contributed by atoms with Crippen LogP contribution in [-0.2, 0) is 4.79 Å². The van der Waals surface area contributed by atoms with Gasteiger partial charge in [-0.05, 0) is 31.2 Å². The summed E-state index contributed by atoms with van der Waals surface area (Å²) in [5.41, 5.74) is 7.92. The van der Waals surface area contributed by atoms with Crippen molar-refractivity contribution in [1.29, 1.82) is 0 Å². The van der Waals surface area contributed by atoms with Crippen LogP contribution < -0.4 is 11.1 Å². The molecule has 0 saturated heterocycles.